The van der Waals surface area contributed by atoms with Crippen molar-refractivity contribution in [3.05, 3.63) is 60.2 Å². The zero-order valence-electron chi connectivity index (χ0n) is 16.0. The van der Waals surface area contributed by atoms with E-state index in [1.165, 1.54) is 20.7 Å². The summed E-state index contributed by atoms with van der Waals surface area (Å²) in [6.07, 6.45) is 1.15. The predicted molar refractivity (Wildman–Crippen MR) is 111 cm³/mol. The second kappa shape index (κ2) is 8.06. The summed E-state index contributed by atoms with van der Waals surface area (Å²) in [5.74, 6) is 0.127. The van der Waals surface area contributed by atoms with Gasteiger partial charge in [0.2, 0.25) is 20.0 Å². The number of hydrogen-bond donors (Lipinski definition) is 0. The van der Waals surface area contributed by atoms with Crippen molar-refractivity contribution < 1.29 is 21.6 Å². The first-order valence-corrected chi connectivity index (χ1v) is 12.7. The van der Waals surface area contributed by atoms with Crippen LogP contribution < -0.4 is 4.31 Å². The highest BCUT2D eigenvalue weighted by Gasteiger charge is 2.32. The molecular weight excluding hydrogens is 412 g/mol. The van der Waals surface area contributed by atoms with Crippen molar-refractivity contribution in [2.24, 2.45) is 0 Å². The molecule has 0 N–H and O–H groups in total. The molecule has 0 amide bonds. The molecule has 2 aliphatic heterocycles. The average molecular weight is 437 g/mol. The summed E-state index contributed by atoms with van der Waals surface area (Å²) in [4.78, 5) is 0.157. The summed E-state index contributed by atoms with van der Waals surface area (Å²) in [5.41, 5.74) is 1.45. The van der Waals surface area contributed by atoms with Gasteiger partial charge in [0.15, 0.2) is 0 Å². The Hall–Kier alpha value is -1.94. The normalized spacial score (nSPS) is 23.0. The van der Waals surface area contributed by atoms with Crippen molar-refractivity contribution in [1.82, 2.24) is 4.31 Å². The molecule has 0 bridgehead atoms. The van der Waals surface area contributed by atoms with Crippen LogP contribution in [0.2, 0.25) is 0 Å². The van der Waals surface area contributed by atoms with E-state index in [0.29, 0.717) is 25.3 Å². The maximum absolute atomic E-state index is 13.1. The number of anilines is 1. The Morgan fingerprint density at radius 2 is 1.66 bits per heavy atom. The summed E-state index contributed by atoms with van der Waals surface area (Å²) in [6.45, 7) is 1.28. The smallest absolute Gasteiger partial charge is 0.243 e. The maximum atomic E-state index is 13.1. The number of morpholine rings is 1. The standard InChI is InChI=1S/C20H24N2O5S2/c23-28(24)15-5-4-12-22(28)18-8-10-19(11-9-18)29(25,26)21-13-14-27-20(16-21)17-6-2-1-3-7-17/h1-3,6-11,20H,4-5,12-16H2. The Bertz CT molecular complexity index is 1050. The third-order valence-electron chi connectivity index (χ3n) is 5.31. The lowest BCUT2D eigenvalue weighted by Gasteiger charge is -2.32. The van der Waals surface area contributed by atoms with Gasteiger partial charge in [-0.3, -0.25) is 4.31 Å². The van der Waals surface area contributed by atoms with Crippen molar-refractivity contribution in [3.8, 4) is 0 Å². The molecule has 1 unspecified atom stereocenters. The lowest BCUT2D eigenvalue weighted by molar-refractivity contribution is -0.00255. The molecule has 2 fully saturated rings. The molecule has 2 aromatic rings. The Balaban J connectivity index is 1.54. The van der Waals surface area contributed by atoms with Crippen LogP contribution in [0.1, 0.15) is 24.5 Å². The SMILES string of the molecule is O=S1(=O)CCCCN1c1ccc(S(=O)(=O)N2CCOC(c3ccccc3)C2)cc1. The molecule has 29 heavy (non-hydrogen) atoms. The Morgan fingerprint density at radius 3 is 2.34 bits per heavy atom. The van der Waals surface area contributed by atoms with Crippen LogP contribution >= 0.6 is 0 Å². The number of benzene rings is 2. The van der Waals surface area contributed by atoms with Crippen LogP contribution in [0.25, 0.3) is 0 Å². The quantitative estimate of drug-likeness (QED) is 0.735. The van der Waals surface area contributed by atoms with Gasteiger partial charge in [-0.25, -0.2) is 16.8 Å². The van der Waals surface area contributed by atoms with Gasteiger partial charge < -0.3 is 4.74 Å². The predicted octanol–water partition coefficient (Wildman–Crippen LogP) is 2.38. The molecule has 0 saturated carbocycles. The summed E-state index contributed by atoms with van der Waals surface area (Å²) in [7, 11) is -7.02. The lowest BCUT2D eigenvalue weighted by atomic mass is 10.1. The van der Waals surface area contributed by atoms with Gasteiger partial charge in [-0.2, -0.15) is 4.31 Å². The number of sulfonamides is 2. The van der Waals surface area contributed by atoms with E-state index >= 15 is 0 Å². The first-order chi connectivity index (χ1) is 13.9. The van der Waals surface area contributed by atoms with Gasteiger partial charge in [-0.15, -0.1) is 0 Å². The highest BCUT2D eigenvalue weighted by atomic mass is 32.2. The molecule has 156 valence electrons. The fraction of sp³-hybridized carbons (Fsp3) is 0.400. The number of nitrogens with zero attached hydrogens (tertiary/aromatic N) is 2. The summed E-state index contributed by atoms with van der Waals surface area (Å²) < 4.78 is 59.3. The van der Waals surface area contributed by atoms with E-state index < -0.39 is 20.0 Å². The molecule has 1 atom stereocenters. The van der Waals surface area contributed by atoms with E-state index in [1.54, 1.807) is 12.1 Å². The Labute approximate surface area is 172 Å². The van der Waals surface area contributed by atoms with Crippen LogP contribution in [0.5, 0.6) is 0 Å². The van der Waals surface area contributed by atoms with Crippen molar-refractivity contribution in [3.63, 3.8) is 0 Å². The van der Waals surface area contributed by atoms with E-state index in [4.69, 9.17) is 4.74 Å². The molecule has 2 aliphatic rings. The molecule has 9 heteroatoms. The third-order valence-corrected chi connectivity index (χ3v) is 9.06. The lowest BCUT2D eigenvalue weighted by Crippen LogP contribution is -2.42. The molecule has 4 rings (SSSR count). The minimum Gasteiger partial charge on any atom is -0.371 e. The van der Waals surface area contributed by atoms with Gasteiger partial charge >= 0.3 is 0 Å². The van der Waals surface area contributed by atoms with Gasteiger partial charge in [0.05, 0.1) is 29.0 Å². The van der Waals surface area contributed by atoms with Crippen LogP contribution in [-0.2, 0) is 24.8 Å². The number of ether oxygens (including phenoxy) is 1. The van der Waals surface area contributed by atoms with Gasteiger partial charge in [0, 0.05) is 19.6 Å². The van der Waals surface area contributed by atoms with E-state index in [0.717, 1.165) is 12.0 Å². The minimum atomic E-state index is -3.69. The summed E-state index contributed by atoms with van der Waals surface area (Å²) >= 11 is 0. The summed E-state index contributed by atoms with van der Waals surface area (Å²) in [6, 6.07) is 15.7. The molecule has 0 spiro atoms. The van der Waals surface area contributed by atoms with Crippen LogP contribution in [0.15, 0.2) is 59.5 Å². The third kappa shape index (κ3) is 4.18. The molecule has 2 aromatic carbocycles. The zero-order chi connectivity index (χ0) is 20.5. The Kier molecular flexibility index (Phi) is 5.65. The molecule has 7 nitrogen and oxygen atoms in total. The van der Waals surface area contributed by atoms with Crippen LogP contribution in [0.3, 0.4) is 0 Å². The first-order valence-electron chi connectivity index (χ1n) is 9.65. The highest BCUT2D eigenvalue weighted by Crippen LogP contribution is 2.29. The van der Waals surface area contributed by atoms with Gasteiger partial charge in [0.1, 0.15) is 0 Å². The average Bonchev–Trinajstić information content (AvgIpc) is 2.74. The highest BCUT2D eigenvalue weighted by molar-refractivity contribution is 7.92. The maximum Gasteiger partial charge on any atom is 0.243 e. The van der Waals surface area contributed by atoms with E-state index in [-0.39, 0.29) is 29.8 Å². The fourth-order valence-corrected chi connectivity index (χ4v) is 6.79. The van der Waals surface area contributed by atoms with Gasteiger partial charge in [-0.1, -0.05) is 30.3 Å². The van der Waals surface area contributed by atoms with Crippen molar-refractivity contribution in [2.75, 3.05) is 36.3 Å². The topological polar surface area (TPSA) is 84.0 Å². The van der Waals surface area contributed by atoms with Gasteiger partial charge in [-0.05, 0) is 42.7 Å². The molecule has 0 aliphatic carbocycles. The number of rotatable bonds is 4. The molecular formula is C20H24N2O5S2. The fourth-order valence-electron chi connectivity index (χ4n) is 3.73. The monoisotopic (exact) mass is 436 g/mol. The van der Waals surface area contributed by atoms with Crippen LogP contribution in [0.4, 0.5) is 5.69 Å². The van der Waals surface area contributed by atoms with Crippen LogP contribution in [-0.4, -0.2) is 53.1 Å². The van der Waals surface area contributed by atoms with Gasteiger partial charge in [0.25, 0.3) is 0 Å². The zero-order valence-corrected chi connectivity index (χ0v) is 17.6. The van der Waals surface area contributed by atoms with Crippen molar-refractivity contribution >= 4 is 25.7 Å². The van der Waals surface area contributed by atoms with E-state index in [2.05, 4.69) is 0 Å². The van der Waals surface area contributed by atoms with E-state index in [9.17, 15) is 16.8 Å². The van der Waals surface area contributed by atoms with Crippen LogP contribution in [0, 0.1) is 0 Å². The van der Waals surface area contributed by atoms with E-state index in [1.807, 2.05) is 30.3 Å². The first kappa shape index (κ1) is 20.3. The Morgan fingerprint density at radius 1 is 0.931 bits per heavy atom. The largest absolute Gasteiger partial charge is 0.371 e. The number of hydrogen-bond acceptors (Lipinski definition) is 5. The van der Waals surface area contributed by atoms with Crippen molar-refractivity contribution in [2.45, 2.75) is 23.8 Å². The van der Waals surface area contributed by atoms with Crippen molar-refractivity contribution in [1.29, 1.82) is 0 Å². The second-order valence-electron chi connectivity index (χ2n) is 7.22. The molecule has 2 heterocycles. The second-order valence-corrected chi connectivity index (χ2v) is 11.2. The summed E-state index contributed by atoms with van der Waals surface area (Å²) in [5, 5.41) is 0. The molecule has 0 aromatic heterocycles. The minimum absolute atomic E-state index is 0.127. The molecule has 2 saturated heterocycles. The molecule has 0 radical (unpaired) electrons.